The van der Waals surface area contributed by atoms with Crippen LogP contribution < -0.4 is 0 Å². The van der Waals surface area contributed by atoms with Gasteiger partial charge in [0.2, 0.25) is 0 Å². The van der Waals surface area contributed by atoms with Crippen molar-refractivity contribution in [2.45, 2.75) is 20.4 Å². The fourth-order valence-electron chi connectivity index (χ4n) is 2.23. The van der Waals surface area contributed by atoms with E-state index < -0.39 is 5.97 Å². The van der Waals surface area contributed by atoms with Gasteiger partial charge in [0.25, 0.3) is 0 Å². The number of carbonyl (C=O) groups is 1. The summed E-state index contributed by atoms with van der Waals surface area (Å²) in [4.78, 5) is 17.7. The van der Waals surface area contributed by atoms with Crippen LogP contribution in [-0.4, -0.2) is 45.2 Å². The Kier molecular flexibility index (Phi) is 4.16. The molecule has 1 aromatic heterocycles. The molecule has 1 N–H and O–H groups in total. The number of aromatic nitrogens is 2. The van der Waals surface area contributed by atoms with Gasteiger partial charge in [0.15, 0.2) is 0 Å². The summed E-state index contributed by atoms with van der Waals surface area (Å²) in [6.45, 7) is 8.07. The molecule has 0 aliphatic carbocycles. The summed E-state index contributed by atoms with van der Waals surface area (Å²) < 4.78 is 2.01. The van der Waals surface area contributed by atoms with Gasteiger partial charge in [-0.3, -0.25) is 0 Å². The monoisotopic (exact) mass is 261 g/mol. The fourth-order valence-corrected chi connectivity index (χ4v) is 2.23. The number of para-hydroxylation sites is 1. The average Bonchev–Trinajstić information content (AvgIpc) is 2.83. The minimum absolute atomic E-state index is 0.263. The maximum absolute atomic E-state index is 11.1. The van der Waals surface area contributed by atoms with Crippen molar-refractivity contribution < 1.29 is 9.90 Å². The van der Waals surface area contributed by atoms with Crippen LogP contribution in [0.2, 0.25) is 0 Å². The Morgan fingerprint density at radius 2 is 2.11 bits per heavy atom. The van der Waals surface area contributed by atoms with E-state index in [0.717, 1.165) is 31.7 Å². The highest BCUT2D eigenvalue weighted by Gasteiger charge is 2.12. The van der Waals surface area contributed by atoms with Gasteiger partial charge in [-0.1, -0.05) is 19.9 Å². The summed E-state index contributed by atoms with van der Waals surface area (Å²) in [5.41, 5.74) is 1.71. The number of benzene rings is 1. The van der Waals surface area contributed by atoms with Crippen LogP contribution in [0.1, 0.15) is 24.2 Å². The molecule has 0 saturated heterocycles. The van der Waals surface area contributed by atoms with Gasteiger partial charge in [-0.2, -0.15) is 0 Å². The molecule has 19 heavy (non-hydrogen) atoms. The molecule has 0 unspecified atom stereocenters. The molecule has 0 aliphatic heterocycles. The van der Waals surface area contributed by atoms with E-state index >= 15 is 0 Å². The highest BCUT2D eigenvalue weighted by atomic mass is 16.4. The zero-order valence-corrected chi connectivity index (χ0v) is 11.3. The van der Waals surface area contributed by atoms with Crippen molar-refractivity contribution in [3.05, 3.63) is 30.1 Å². The van der Waals surface area contributed by atoms with Crippen molar-refractivity contribution >= 4 is 17.0 Å². The van der Waals surface area contributed by atoms with Gasteiger partial charge in [0, 0.05) is 13.1 Å². The van der Waals surface area contributed by atoms with Gasteiger partial charge >= 0.3 is 5.97 Å². The topological polar surface area (TPSA) is 58.4 Å². The van der Waals surface area contributed by atoms with E-state index in [2.05, 4.69) is 23.7 Å². The molecule has 0 aliphatic rings. The molecule has 102 valence electrons. The highest BCUT2D eigenvalue weighted by Crippen LogP contribution is 2.17. The van der Waals surface area contributed by atoms with Crippen LogP contribution in [0, 0.1) is 0 Å². The molecule has 0 fully saturated rings. The first-order chi connectivity index (χ1) is 9.17. The van der Waals surface area contributed by atoms with E-state index in [1.54, 1.807) is 18.5 Å². The maximum Gasteiger partial charge on any atom is 0.337 e. The molecule has 0 bridgehead atoms. The van der Waals surface area contributed by atoms with Crippen molar-refractivity contribution in [1.29, 1.82) is 0 Å². The van der Waals surface area contributed by atoms with Crippen LogP contribution in [0.4, 0.5) is 0 Å². The molecular weight excluding hydrogens is 242 g/mol. The lowest BCUT2D eigenvalue weighted by Gasteiger charge is -2.18. The number of hydrogen-bond acceptors (Lipinski definition) is 3. The number of imidazole rings is 1. The third-order valence-electron chi connectivity index (χ3n) is 3.43. The molecule has 0 radical (unpaired) electrons. The Hall–Kier alpha value is -1.88. The largest absolute Gasteiger partial charge is 0.478 e. The standard InChI is InChI=1S/C14H19N3O2/c1-3-16(4-2)8-9-17-10-15-13-11(14(18)19)6-5-7-12(13)17/h5-7,10H,3-4,8-9H2,1-2H3,(H,18,19). The smallest absolute Gasteiger partial charge is 0.337 e. The van der Waals surface area contributed by atoms with Gasteiger partial charge in [-0.05, 0) is 25.2 Å². The first-order valence-electron chi connectivity index (χ1n) is 6.56. The lowest BCUT2D eigenvalue weighted by molar-refractivity contribution is 0.0699. The third-order valence-corrected chi connectivity index (χ3v) is 3.43. The molecule has 2 aromatic rings. The van der Waals surface area contributed by atoms with Crippen LogP contribution >= 0.6 is 0 Å². The number of likely N-dealkylation sites (N-methyl/N-ethyl adjacent to an activating group) is 1. The number of fused-ring (bicyclic) bond motifs is 1. The Labute approximate surface area is 112 Å². The van der Waals surface area contributed by atoms with Crippen molar-refractivity contribution in [2.24, 2.45) is 0 Å². The van der Waals surface area contributed by atoms with E-state index in [0.29, 0.717) is 5.52 Å². The summed E-state index contributed by atoms with van der Waals surface area (Å²) in [7, 11) is 0. The van der Waals surface area contributed by atoms with Crippen LogP contribution in [0.15, 0.2) is 24.5 Å². The lowest BCUT2D eigenvalue weighted by atomic mass is 10.2. The SMILES string of the molecule is CCN(CC)CCn1cnc2c(C(=O)O)cccc21. The lowest BCUT2D eigenvalue weighted by Crippen LogP contribution is -2.26. The fraction of sp³-hybridized carbons (Fsp3) is 0.429. The second-order valence-electron chi connectivity index (χ2n) is 4.44. The first-order valence-corrected chi connectivity index (χ1v) is 6.56. The molecular formula is C14H19N3O2. The molecule has 1 aromatic carbocycles. The number of aromatic carboxylic acids is 1. The van der Waals surface area contributed by atoms with Crippen molar-refractivity contribution in [2.75, 3.05) is 19.6 Å². The van der Waals surface area contributed by atoms with E-state index in [9.17, 15) is 4.79 Å². The minimum atomic E-state index is -0.931. The van der Waals surface area contributed by atoms with Crippen LogP contribution in [-0.2, 0) is 6.54 Å². The average molecular weight is 261 g/mol. The quantitative estimate of drug-likeness (QED) is 0.865. The predicted octanol–water partition coefficient (Wildman–Crippen LogP) is 2.08. The summed E-state index contributed by atoms with van der Waals surface area (Å²) in [5, 5.41) is 9.13. The summed E-state index contributed by atoms with van der Waals surface area (Å²) >= 11 is 0. The molecule has 5 heteroatoms. The molecule has 0 spiro atoms. The molecule has 1 heterocycles. The second-order valence-corrected chi connectivity index (χ2v) is 4.44. The molecule has 0 saturated carbocycles. The van der Waals surface area contributed by atoms with E-state index in [1.165, 1.54) is 0 Å². The Morgan fingerprint density at radius 1 is 1.37 bits per heavy atom. The summed E-state index contributed by atoms with van der Waals surface area (Å²) in [6.07, 6.45) is 1.72. The Morgan fingerprint density at radius 3 is 2.74 bits per heavy atom. The van der Waals surface area contributed by atoms with Crippen LogP contribution in [0.25, 0.3) is 11.0 Å². The van der Waals surface area contributed by atoms with E-state index in [1.807, 2.05) is 10.6 Å². The molecule has 0 atom stereocenters. The second kappa shape index (κ2) is 5.84. The number of nitrogens with zero attached hydrogens (tertiary/aromatic N) is 3. The maximum atomic E-state index is 11.1. The number of hydrogen-bond donors (Lipinski definition) is 1. The van der Waals surface area contributed by atoms with Crippen LogP contribution in [0.5, 0.6) is 0 Å². The minimum Gasteiger partial charge on any atom is -0.478 e. The number of carboxylic acids is 1. The Balaban J connectivity index is 2.26. The van der Waals surface area contributed by atoms with Gasteiger partial charge in [-0.25, -0.2) is 9.78 Å². The predicted molar refractivity (Wildman–Crippen MR) is 74.5 cm³/mol. The summed E-state index contributed by atoms with van der Waals surface area (Å²) in [5.74, 6) is -0.931. The van der Waals surface area contributed by atoms with Gasteiger partial charge in [0.05, 0.1) is 17.4 Å². The summed E-state index contributed by atoms with van der Waals surface area (Å²) in [6, 6.07) is 5.27. The van der Waals surface area contributed by atoms with Crippen molar-refractivity contribution in [1.82, 2.24) is 14.5 Å². The van der Waals surface area contributed by atoms with Crippen molar-refractivity contribution in [3.63, 3.8) is 0 Å². The molecule has 5 nitrogen and oxygen atoms in total. The molecule has 0 amide bonds. The van der Waals surface area contributed by atoms with Gasteiger partial charge < -0.3 is 14.6 Å². The Bertz CT molecular complexity index is 573. The number of carboxylic acid groups (broad SMARTS) is 1. The van der Waals surface area contributed by atoms with Crippen molar-refractivity contribution in [3.8, 4) is 0 Å². The zero-order valence-electron chi connectivity index (χ0n) is 11.3. The van der Waals surface area contributed by atoms with E-state index in [4.69, 9.17) is 5.11 Å². The number of rotatable bonds is 6. The zero-order chi connectivity index (χ0) is 13.8. The third kappa shape index (κ3) is 2.76. The highest BCUT2D eigenvalue weighted by molar-refractivity contribution is 6.00. The van der Waals surface area contributed by atoms with Gasteiger partial charge in [0.1, 0.15) is 5.52 Å². The van der Waals surface area contributed by atoms with Gasteiger partial charge in [-0.15, -0.1) is 0 Å². The van der Waals surface area contributed by atoms with Crippen LogP contribution in [0.3, 0.4) is 0 Å². The first kappa shape index (κ1) is 13.5. The normalized spacial score (nSPS) is 11.3. The molecule has 2 rings (SSSR count). The van der Waals surface area contributed by atoms with E-state index in [-0.39, 0.29) is 5.56 Å².